The third kappa shape index (κ3) is 5.08. The Balaban J connectivity index is 1.71. The highest BCUT2D eigenvalue weighted by molar-refractivity contribution is 5.77. The molecule has 5 heteroatoms. The minimum Gasteiger partial charge on any atom is -0.343 e. The normalized spacial score (nSPS) is 16.7. The third-order valence-corrected chi connectivity index (χ3v) is 3.79. The average molecular weight is 296 g/mol. The molecule has 1 aliphatic heterocycles. The lowest BCUT2D eigenvalue weighted by Gasteiger charge is -2.20. The van der Waals surface area contributed by atoms with Crippen LogP contribution in [0.5, 0.6) is 0 Å². The molecule has 1 fully saturated rings. The van der Waals surface area contributed by atoms with E-state index in [1.54, 1.807) is 0 Å². The van der Waals surface area contributed by atoms with Crippen LogP contribution in [0, 0.1) is 0 Å². The van der Waals surface area contributed by atoms with Crippen molar-refractivity contribution >= 4 is 5.91 Å². The summed E-state index contributed by atoms with van der Waals surface area (Å²) in [6.45, 7) is 1.97. The highest BCUT2D eigenvalue weighted by Crippen LogP contribution is 2.11. The number of hydrogen-bond donors (Lipinski definition) is 1. The van der Waals surface area contributed by atoms with E-state index >= 15 is 0 Å². The monoisotopic (exact) mass is 296 g/mol. The molecule has 0 aliphatic carbocycles. The van der Waals surface area contributed by atoms with E-state index in [9.17, 15) is 13.6 Å². The van der Waals surface area contributed by atoms with Crippen LogP contribution in [0.3, 0.4) is 0 Å². The molecule has 1 saturated heterocycles. The summed E-state index contributed by atoms with van der Waals surface area (Å²) in [7, 11) is 0. The Labute approximate surface area is 124 Å². The van der Waals surface area contributed by atoms with Crippen LogP contribution in [-0.2, 0) is 11.2 Å². The largest absolute Gasteiger partial charge is 0.343 e. The van der Waals surface area contributed by atoms with E-state index in [1.807, 2.05) is 35.2 Å². The molecule has 1 aromatic carbocycles. The van der Waals surface area contributed by atoms with Crippen LogP contribution in [0.25, 0.3) is 0 Å². The molecule has 1 aromatic rings. The standard InChI is InChI=1S/C16H22F2N2O/c17-16(18)14(12-13-6-2-1-3-7-13)19-9-5-11-20-10-4-8-15(20)21/h1-3,6-7,14,16,19H,4-5,8-12H2/t14-/m0/s1. The maximum Gasteiger partial charge on any atom is 0.254 e. The molecule has 0 radical (unpaired) electrons. The molecule has 1 N–H and O–H groups in total. The first-order chi connectivity index (χ1) is 10.2. The Morgan fingerprint density at radius 3 is 2.62 bits per heavy atom. The van der Waals surface area contributed by atoms with Crippen molar-refractivity contribution in [1.82, 2.24) is 10.2 Å². The average Bonchev–Trinajstić information content (AvgIpc) is 2.88. The predicted molar refractivity (Wildman–Crippen MR) is 78.4 cm³/mol. The van der Waals surface area contributed by atoms with Gasteiger partial charge in [-0.05, 0) is 31.4 Å². The second kappa shape index (κ2) is 8.08. The minimum atomic E-state index is -2.39. The van der Waals surface area contributed by atoms with E-state index in [-0.39, 0.29) is 5.91 Å². The number of likely N-dealkylation sites (tertiary alicyclic amines) is 1. The van der Waals surface area contributed by atoms with Crippen molar-refractivity contribution in [2.24, 2.45) is 0 Å². The number of amides is 1. The van der Waals surface area contributed by atoms with Gasteiger partial charge in [0.2, 0.25) is 5.91 Å². The van der Waals surface area contributed by atoms with E-state index in [0.717, 1.165) is 18.5 Å². The van der Waals surface area contributed by atoms with Crippen LogP contribution in [-0.4, -0.2) is 42.9 Å². The molecule has 0 unspecified atom stereocenters. The number of halogens is 2. The summed E-state index contributed by atoms with van der Waals surface area (Å²) >= 11 is 0. The Bertz CT molecular complexity index is 439. The number of rotatable bonds is 8. The summed E-state index contributed by atoms with van der Waals surface area (Å²) in [4.78, 5) is 13.3. The highest BCUT2D eigenvalue weighted by Gasteiger charge is 2.21. The topological polar surface area (TPSA) is 32.3 Å². The van der Waals surface area contributed by atoms with Crippen LogP contribution in [0.15, 0.2) is 30.3 Å². The van der Waals surface area contributed by atoms with Crippen LogP contribution in [0.2, 0.25) is 0 Å². The quantitative estimate of drug-likeness (QED) is 0.747. The third-order valence-electron chi connectivity index (χ3n) is 3.79. The lowest BCUT2D eigenvalue weighted by molar-refractivity contribution is -0.127. The summed E-state index contributed by atoms with van der Waals surface area (Å²) in [5.41, 5.74) is 0.907. The van der Waals surface area contributed by atoms with Gasteiger partial charge in [0.05, 0.1) is 6.04 Å². The van der Waals surface area contributed by atoms with Crippen molar-refractivity contribution in [1.29, 1.82) is 0 Å². The molecule has 0 bridgehead atoms. The summed E-state index contributed by atoms with van der Waals surface area (Å²) in [5, 5.41) is 2.92. The predicted octanol–water partition coefficient (Wildman–Crippen LogP) is 2.46. The number of nitrogens with one attached hydrogen (secondary N) is 1. The van der Waals surface area contributed by atoms with Gasteiger partial charge in [-0.15, -0.1) is 0 Å². The van der Waals surface area contributed by atoms with E-state index < -0.39 is 12.5 Å². The van der Waals surface area contributed by atoms with Crippen molar-refractivity contribution in [2.75, 3.05) is 19.6 Å². The molecule has 116 valence electrons. The Hall–Kier alpha value is -1.49. The van der Waals surface area contributed by atoms with Crippen LogP contribution in [0.1, 0.15) is 24.8 Å². The van der Waals surface area contributed by atoms with Crippen LogP contribution in [0.4, 0.5) is 8.78 Å². The number of nitrogens with zero attached hydrogens (tertiary/aromatic N) is 1. The van der Waals surface area contributed by atoms with Crippen molar-refractivity contribution in [2.45, 2.75) is 38.2 Å². The Kier molecular flexibility index (Phi) is 6.11. The number of carbonyl (C=O) groups excluding carboxylic acids is 1. The van der Waals surface area contributed by atoms with Gasteiger partial charge in [-0.1, -0.05) is 30.3 Å². The molecule has 0 saturated carbocycles. The van der Waals surface area contributed by atoms with E-state index in [4.69, 9.17) is 0 Å². The lowest BCUT2D eigenvalue weighted by atomic mass is 10.1. The molecule has 1 heterocycles. The molecular formula is C16H22F2N2O. The van der Waals surface area contributed by atoms with Crippen molar-refractivity contribution in [3.8, 4) is 0 Å². The molecule has 0 aromatic heterocycles. The van der Waals surface area contributed by atoms with Gasteiger partial charge in [0, 0.05) is 19.5 Å². The van der Waals surface area contributed by atoms with Gasteiger partial charge in [-0.3, -0.25) is 4.79 Å². The first kappa shape index (κ1) is 15.9. The number of benzene rings is 1. The van der Waals surface area contributed by atoms with E-state index in [0.29, 0.717) is 32.4 Å². The van der Waals surface area contributed by atoms with Gasteiger partial charge in [-0.2, -0.15) is 0 Å². The molecule has 0 spiro atoms. The fraction of sp³-hybridized carbons (Fsp3) is 0.562. The SMILES string of the molecule is O=C1CCCN1CCCN[C@@H](Cc1ccccc1)C(F)F. The van der Waals surface area contributed by atoms with Gasteiger partial charge in [0.1, 0.15) is 0 Å². The van der Waals surface area contributed by atoms with Gasteiger partial charge in [0.25, 0.3) is 6.43 Å². The Morgan fingerprint density at radius 2 is 2.00 bits per heavy atom. The van der Waals surface area contributed by atoms with E-state index in [2.05, 4.69) is 5.32 Å². The summed E-state index contributed by atoms with van der Waals surface area (Å²) in [6, 6.07) is 8.48. The highest BCUT2D eigenvalue weighted by atomic mass is 19.3. The molecule has 1 atom stereocenters. The minimum absolute atomic E-state index is 0.185. The van der Waals surface area contributed by atoms with Crippen molar-refractivity contribution in [3.05, 3.63) is 35.9 Å². The zero-order valence-electron chi connectivity index (χ0n) is 12.1. The van der Waals surface area contributed by atoms with Crippen molar-refractivity contribution < 1.29 is 13.6 Å². The number of carbonyl (C=O) groups is 1. The zero-order valence-corrected chi connectivity index (χ0v) is 12.1. The molecule has 2 rings (SSSR count). The van der Waals surface area contributed by atoms with Gasteiger partial charge in [-0.25, -0.2) is 8.78 Å². The summed E-state index contributed by atoms with van der Waals surface area (Å²) < 4.78 is 26.1. The van der Waals surface area contributed by atoms with Crippen LogP contribution < -0.4 is 5.32 Å². The fourth-order valence-electron chi connectivity index (χ4n) is 2.62. The Morgan fingerprint density at radius 1 is 1.24 bits per heavy atom. The molecule has 21 heavy (non-hydrogen) atoms. The lowest BCUT2D eigenvalue weighted by Crippen LogP contribution is -2.39. The second-order valence-corrected chi connectivity index (χ2v) is 5.42. The fourth-order valence-corrected chi connectivity index (χ4v) is 2.62. The maximum atomic E-state index is 13.0. The molecule has 1 aliphatic rings. The van der Waals surface area contributed by atoms with Crippen LogP contribution >= 0.6 is 0 Å². The van der Waals surface area contributed by atoms with Gasteiger partial charge >= 0.3 is 0 Å². The molecule has 3 nitrogen and oxygen atoms in total. The van der Waals surface area contributed by atoms with Gasteiger partial charge < -0.3 is 10.2 Å². The molecule has 1 amide bonds. The smallest absolute Gasteiger partial charge is 0.254 e. The number of hydrogen-bond acceptors (Lipinski definition) is 2. The summed E-state index contributed by atoms with van der Waals surface area (Å²) in [5.74, 6) is 0.185. The van der Waals surface area contributed by atoms with Crippen molar-refractivity contribution in [3.63, 3.8) is 0 Å². The first-order valence-corrected chi connectivity index (χ1v) is 7.50. The summed E-state index contributed by atoms with van der Waals surface area (Å²) in [6.07, 6.45) is 0.185. The van der Waals surface area contributed by atoms with E-state index in [1.165, 1.54) is 0 Å². The second-order valence-electron chi connectivity index (χ2n) is 5.42. The molecular weight excluding hydrogens is 274 g/mol. The number of alkyl halides is 2. The first-order valence-electron chi connectivity index (χ1n) is 7.50. The maximum absolute atomic E-state index is 13.0. The van der Waals surface area contributed by atoms with Gasteiger partial charge in [0.15, 0.2) is 0 Å². The zero-order chi connectivity index (χ0) is 15.1.